The topological polar surface area (TPSA) is 16.1 Å². The summed E-state index contributed by atoms with van der Waals surface area (Å²) in [6.07, 6.45) is 6.11. The summed E-state index contributed by atoms with van der Waals surface area (Å²) in [5, 5.41) is 2.18. The van der Waals surface area contributed by atoms with Crippen LogP contribution in [0.2, 0.25) is 0 Å². The summed E-state index contributed by atoms with van der Waals surface area (Å²) in [5.41, 5.74) is 3.38. The zero-order valence-corrected chi connectivity index (χ0v) is 13.7. The van der Waals surface area contributed by atoms with Crippen molar-refractivity contribution in [1.82, 2.24) is 9.88 Å². The second-order valence-electron chi connectivity index (χ2n) is 5.48. The van der Waals surface area contributed by atoms with Gasteiger partial charge in [-0.15, -0.1) is 22.7 Å². The minimum absolute atomic E-state index is 0.725. The predicted molar refractivity (Wildman–Crippen MR) is 87.8 cm³/mol. The van der Waals surface area contributed by atoms with E-state index in [0.717, 1.165) is 6.04 Å². The Bertz CT molecular complexity index is 518. The molecule has 0 N–H and O–H groups in total. The number of aryl methyl sites for hydroxylation is 1. The van der Waals surface area contributed by atoms with E-state index >= 15 is 0 Å². The van der Waals surface area contributed by atoms with E-state index in [-0.39, 0.29) is 0 Å². The van der Waals surface area contributed by atoms with Gasteiger partial charge in [-0.25, -0.2) is 4.98 Å². The molecule has 0 aromatic carbocycles. The molecular weight excluding hydrogens is 284 g/mol. The number of thiazole rings is 1. The van der Waals surface area contributed by atoms with E-state index in [4.69, 9.17) is 0 Å². The summed E-state index contributed by atoms with van der Waals surface area (Å²) in [7, 11) is 0. The van der Waals surface area contributed by atoms with Gasteiger partial charge in [0, 0.05) is 22.3 Å². The van der Waals surface area contributed by atoms with Crippen molar-refractivity contribution in [2.45, 2.75) is 45.1 Å². The molecule has 1 aliphatic carbocycles. The maximum absolute atomic E-state index is 4.48. The molecule has 0 fully saturated rings. The standard InChI is InChI=1S/C16H22N2S2/c1-2-8-18(9-7-14-4-3-10-19-14)13-5-6-15-16(11-13)20-12-17-15/h3-4,10,12-13H,2,5-9,11H2,1H3. The Morgan fingerprint density at radius 2 is 2.30 bits per heavy atom. The van der Waals surface area contributed by atoms with Gasteiger partial charge in [0.05, 0.1) is 11.2 Å². The van der Waals surface area contributed by atoms with E-state index in [1.54, 1.807) is 0 Å². The van der Waals surface area contributed by atoms with E-state index < -0.39 is 0 Å². The third kappa shape index (κ3) is 3.30. The van der Waals surface area contributed by atoms with Crippen LogP contribution in [0.25, 0.3) is 0 Å². The molecule has 2 aromatic rings. The fourth-order valence-corrected chi connectivity index (χ4v) is 4.65. The maximum Gasteiger partial charge on any atom is 0.0797 e. The summed E-state index contributed by atoms with van der Waals surface area (Å²) in [6, 6.07) is 5.15. The molecule has 0 radical (unpaired) electrons. The Balaban J connectivity index is 1.62. The quantitative estimate of drug-likeness (QED) is 0.801. The average molecular weight is 307 g/mol. The zero-order valence-electron chi connectivity index (χ0n) is 12.0. The van der Waals surface area contributed by atoms with E-state index in [2.05, 4.69) is 34.3 Å². The molecule has 3 rings (SSSR count). The Morgan fingerprint density at radius 1 is 1.35 bits per heavy atom. The normalized spacial score (nSPS) is 18.4. The smallest absolute Gasteiger partial charge is 0.0797 e. The van der Waals surface area contributed by atoms with Gasteiger partial charge in [0.25, 0.3) is 0 Å². The lowest BCUT2D eigenvalue weighted by atomic mass is 9.96. The number of thiophene rings is 1. The van der Waals surface area contributed by atoms with Crippen molar-refractivity contribution in [1.29, 1.82) is 0 Å². The summed E-state index contributed by atoms with van der Waals surface area (Å²) in [6.45, 7) is 4.72. The Labute approximate surface area is 129 Å². The highest BCUT2D eigenvalue weighted by Crippen LogP contribution is 2.27. The van der Waals surface area contributed by atoms with Crippen molar-refractivity contribution in [2.75, 3.05) is 13.1 Å². The van der Waals surface area contributed by atoms with Crippen LogP contribution in [0.1, 0.15) is 35.2 Å². The minimum Gasteiger partial charge on any atom is -0.300 e. The second kappa shape index (κ2) is 6.83. The van der Waals surface area contributed by atoms with Crippen LogP contribution in [-0.4, -0.2) is 29.0 Å². The molecule has 1 atom stereocenters. The van der Waals surface area contributed by atoms with Gasteiger partial charge in [0.2, 0.25) is 0 Å². The average Bonchev–Trinajstić information content (AvgIpc) is 3.13. The van der Waals surface area contributed by atoms with Gasteiger partial charge in [-0.1, -0.05) is 13.0 Å². The third-order valence-electron chi connectivity index (χ3n) is 4.11. The van der Waals surface area contributed by atoms with Crippen LogP contribution in [0.3, 0.4) is 0 Å². The first-order chi connectivity index (χ1) is 9.86. The zero-order chi connectivity index (χ0) is 13.8. The highest BCUT2D eigenvalue weighted by Gasteiger charge is 2.25. The molecule has 20 heavy (non-hydrogen) atoms. The molecule has 0 saturated heterocycles. The largest absolute Gasteiger partial charge is 0.300 e. The third-order valence-corrected chi connectivity index (χ3v) is 5.95. The molecule has 2 nitrogen and oxygen atoms in total. The van der Waals surface area contributed by atoms with Crippen LogP contribution in [0, 0.1) is 0 Å². The summed E-state index contributed by atoms with van der Waals surface area (Å²) >= 11 is 3.73. The highest BCUT2D eigenvalue weighted by atomic mass is 32.1. The summed E-state index contributed by atoms with van der Waals surface area (Å²) in [4.78, 5) is 10.2. The van der Waals surface area contributed by atoms with Gasteiger partial charge >= 0.3 is 0 Å². The fraction of sp³-hybridized carbons (Fsp3) is 0.562. The SMILES string of the molecule is CCCN(CCc1cccs1)C1CCc2ncsc2C1. The molecule has 0 saturated carbocycles. The number of nitrogens with zero attached hydrogens (tertiary/aromatic N) is 2. The summed E-state index contributed by atoms with van der Waals surface area (Å²) in [5.74, 6) is 0. The van der Waals surface area contributed by atoms with E-state index in [9.17, 15) is 0 Å². The molecule has 108 valence electrons. The maximum atomic E-state index is 4.48. The van der Waals surface area contributed by atoms with Gasteiger partial charge in [-0.05, 0) is 50.1 Å². The predicted octanol–water partition coefficient (Wildman–Crippen LogP) is 4.02. The first kappa shape index (κ1) is 14.2. The molecule has 0 amide bonds. The molecule has 0 aliphatic heterocycles. The molecular formula is C16H22N2S2. The van der Waals surface area contributed by atoms with Gasteiger partial charge < -0.3 is 0 Å². The second-order valence-corrected chi connectivity index (χ2v) is 7.46. The van der Waals surface area contributed by atoms with E-state index in [1.807, 2.05) is 28.2 Å². The van der Waals surface area contributed by atoms with Crippen LogP contribution in [0.4, 0.5) is 0 Å². The van der Waals surface area contributed by atoms with E-state index in [0.29, 0.717) is 0 Å². The van der Waals surface area contributed by atoms with Crippen molar-refractivity contribution >= 4 is 22.7 Å². The minimum atomic E-state index is 0.725. The van der Waals surface area contributed by atoms with Crippen molar-refractivity contribution < 1.29 is 0 Å². The van der Waals surface area contributed by atoms with Crippen LogP contribution in [0.15, 0.2) is 23.0 Å². The number of aromatic nitrogens is 1. The highest BCUT2D eigenvalue weighted by molar-refractivity contribution is 7.10. The Kier molecular flexibility index (Phi) is 4.86. The summed E-state index contributed by atoms with van der Waals surface area (Å²) < 4.78 is 0. The number of hydrogen-bond donors (Lipinski definition) is 0. The van der Waals surface area contributed by atoms with Crippen molar-refractivity contribution in [3.8, 4) is 0 Å². The fourth-order valence-electron chi connectivity index (χ4n) is 3.07. The monoisotopic (exact) mass is 306 g/mol. The van der Waals surface area contributed by atoms with Crippen LogP contribution >= 0.6 is 22.7 Å². The number of fused-ring (bicyclic) bond motifs is 1. The Morgan fingerprint density at radius 3 is 3.10 bits per heavy atom. The van der Waals surface area contributed by atoms with Crippen molar-refractivity contribution in [3.63, 3.8) is 0 Å². The molecule has 0 bridgehead atoms. The molecule has 2 aromatic heterocycles. The Hall–Kier alpha value is -0.710. The number of rotatable bonds is 6. The lowest BCUT2D eigenvalue weighted by Gasteiger charge is -2.33. The lowest BCUT2D eigenvalue weighted by Crippen LogP contribution is -2.40. The molecule has 2 heterocycles. The van der Waals surface area contributed by atoms with Gasteiger partial charge in [0.1, 0.15) is 0 Å². The van der Waals surface area contributed by atoms with Crippen LogP contribution in [0.5, 0.6) is 0 Å². The van der Waals surface area contributed by atoms with Crippen LogP contribution < -0.4 is 0 Å². The van der Waals surface area contributed by atoms with Gasteiger partial charge in [0.15, 0.2) is 0 Å². The first-order valence-electron chi connectivity index (χ1n) is 7.54. The van der Waals surface area contributed by atoms with Gasteiger partial charge in [-0.3, -0.25) is 4.90 Å². The van der Waals surface area contributed by atoms with Gasteiger partial charge in [-0.2, -0.15) is 0 Å². The number of hydrogen-bond acceptors (Lipinski definition) is 4. The molecule has 1 unspecified atom stereocenters. The van der Waals surface area contributed by atoms with Crippen molar-refractivity contribution in [2.24, 2.45) is 0 Å². The first-order valence-corrected chi connectivity index (χ1v) is 9.30. The molecule has 4 heteroatoms. The molecule has 1 aliphatic rings. The van der Waals surface area contributed by atoms with Crippen molar-refractivity contribution in [3.05, 3.63) is 38.5 Å². The molecule has 0 spiro atoms. The lowest BCUT2D eigenvalue weighted by molar-refractivity contribution is 0.182. The van der Waals surface area contributed by atoms with E-state index in [1.165, 1.54) is 60.6 Å². The van der Waals surface area contributed by atoms with Crippen LogP contribution in [-0.2, 0) is 19.3 Å².